The number of anilines is 1. The lowest BCUT2D eigenvalue weighted by Gasteiger charge is -2.13. The first-order chi connectivity index (χ1) is 6.25. The second-order valence-corrected chi connectivity index (χ2v) is 2.67. The topological polar surface area (TPSA) is 59.9 Å². The van der Waals surface area contributed by atoms with Crippen LogP contribution in [0.3, 0.4) is 0 Å². The van der Waals surface area contributed by atoms with Gasteiger partial charge in [0.05, 0.1) is 6.07 Å². The molecular formula is C9H11N3O. The molecule has 13 heavy (non-hydrogen) atoms. The van der Waals surface area contributed by atoms with E-state index in [1.54, 1.807) is 13.2 Å². The quantitative estimate of drug-likeness (QED) is 0.756. The number of H-pyrrole nitrogens is 1. The fourth-order valence-electron chi connectivity index (χ4n) is 0.994. The van der Waals surface area contributed by atoms with Crippen molar-refractivity contribution in [2.75, 3.05) is 11.9 Å². The average molecular weight is 177 g/mol. The van der Waals surface area contributed by atoms with Gasteiger partial charge in [-0.05, 0) is 12.1 Å². The summed E-state index contributed by atoms with van der Waals surface area (Å²) in [5, 5.41) is 8.30. The minimum absolute atomic E-state index is 0.0519. The molecule has 0 unspecified atom stereocenters. The molecule has 0 aromatic carbocycles. The highest BCUT2D eigenvalue weighted by atomic mass is 16.2. The molecule has 0 aliphatic rings. The summed E-state index contributed by atoms with van der Waals surface area (Å²) in [6.07, 6.45) is 2.29. The summed E-state index contributed by atoms with van der Waals surface area (Å²) in [5.74, 6) is 0.701. The van der Waals surface area contributed by atoms with Crippen molar-refractivity contribution in [3.05, 3.63) is 18.3 Å². The van der Waals surface area contributed by atoms with Crippen molar-refractivity contribution in [3.63, 3.8) is 0 Å². The molecule has 4 heteroatoms. The Kier molecular flexibility index (Phi) is 3.09. The zero-order valence-electron chi connectivity index (χ0n) is 7.45. The van der Waals surface area contributed by atoms with E-state index in [4.69, 9.17) is 5.26 Å². The molecule has 0 saturated carbocycles. The number of rotatable bonds is 3. The van der Waals surface area contributed by atoms with Crippen molar-refractivity contribution >= 4 is 11.7 Å². The molecule has 1 rings (SSSR count). The van der Waals surface area contributed by atoms with Gasteiger partial charge in [0.1, 0.15) is 5.82 Å². The summed E-state index contributed by atoms with van der Waals surface area (Å²) < 4.78 is 0. The van der Waals surface area contributed by atoms with Crippen molar-refractivity contribution in [1.82, 2.24) is 4.98 Å². The molecule has 1 heterocycles. The van der Waals surface area contributed by atoms with Crippen LogP contribution < -0.4 is 4.90 Å². The van der Waals surface area contributed by atoms with Crippen molar-refractivity contribution in [1.29, 1.82) is 5.26 Å². The Morgan fingerprint density at radius 1 is 1.77 bits per heavy atom. The number of hydrogen-bond acceptors (Lipinski definition) is 2. The molecular weight excluding hydrogens is 166 g/mol. The normalized spacial score (nSPS) is 9.23. The fourth-order valence-corrected chi connectivity index (χ4v) is 0.994. The van der Waals surface area contributed by atoms with E-state index in [1.807, 2.05) is 18.2 Å². The number of amides is 1. The Morgan fingerprint density at radius 2 is 2.54 bits per heavy atom. The van der Waals surface area contributed by atoms with Gasteiger partial charge in [-0.3, -0.25) is 4.79 Å². The Labute approximate surface area is 76.8 Å². The molecule has 0 aliphatic heterocycles. The summed E-state index contributed by atoms with van der Waals surface area (Å²) in [6.45, 7) is 0. The molecule has 1 aromatic rings. The van der Waals surface area contributed by atoms with Crippen molar-refractivity contribution in [2.45, 2.75) is 12.8 Å². The second-order valence-electron chi connectivity index (χ2n) is 2.67. The maximum absolute atomic E-state index is 11.4. The van der Waals surface area contributed by atoms with Gasteiger partial charge in [0.25, 0.3) is 0 Å². The molecule has 1 amide bonds. The number of carbonyl (C=O) groups excluding carboxylic acids is 1. The lowest BCUT2D eigenvalue weighted by atomic mass is 10.3. The van der Waals surface area contributed by atoms with Gasteiger partial charge in [-0.1, -0.05) is 0 Å². The maximum atomic E-state index is 11.4. The van der Waals surface area contributed by atoms with E-state index in [0.717, 1.165) is 5.82 Å². The smallest absolute Gasteiger partial charge is 0.228 e. The van der Waals surface area contributed by atoms with E-state index in [-0.39, 0.29) is 18.7 Å². The van der Waals surface area contributed by atoms with E-state index in [0.29, 0.717) is 0 Å². The standard InChI is InChI=1S/C9H11N3O/c1-12(8-4-3-7-11-8)9(13)5-2-6-10/h3-4,7,11H,2,5H2,1H3. The first-order valence-corrected chi connectivity index (χ1v) is 4.02. The van der Waals surface area contributed by atoms with Crippen LogP contribution in [0.2, 0.25) is 0 Å². The molecule has 0 atom stereocenters. The van der Waals surface area contributed by atoms with Crippen LogP contribution in [0.15, 0.2) is 18.3 Å². The van der Waals surface area contributed by atoms with Crippen molar-refractivity contribution < 1.29 is 4.79 Å². The molecule has 0 spiro atoms. The van der Waals surface area contributed by atoms with E-state index in [1.165, 1.54) is 4.90 Å². The average Bonchev–Trinajstić information content (AvgIpc) is 2.65. The Bertz CT molecular complexity index is 310. The predicted octanol–water partition coefficient (Wildman–Crippen LogP) is 1.28. The van der Waals surface area contributed by atoms with Crippen LogP contribution in [0.4, 0.5) is 5.82 Å². The molecule has 0 fully saturated rings. The van der Waals surface area contributed by atoms with Crippen LogP contribution in [0.1, 0.15) is 12.8 Å². The van der Waals surface area contributed by atoms with Crippen molar-refractivity contribution in [3.8, 4) is 6.07 Å². The summed E-state index contributed by atoms with van der Waals surface area (Å²) in [5.41, 5.74) is 0. The minimum atomic E-state index is -0.0519. The third-order valence-electron chi connectivity index (χ3n) is 1.77. The van der Waals surface area contributed by atoms with E-state index >= 15 is 0 Å². The number of aromatic nitrogens is 1. The molecule has 0 aliphatic carbocycles. The zero-order chi connectivity index (χ0) is 9.68. The predicted molar refractivity (Wildman–Crippen MR) is 49.0 cm³/mol. The van der Waals surface area contributed by atoms with Gasteiger partial charge in [-0.2, -0.15) is 5.26 Å². The molecule has 0 saturated heterocycles. The van der Waals surface area contributed by atoms with Gasteiger partial charge >= 0.3 is 0 Å². The molecule has 68 valence electrons. The lowest BCUT2D eigenvalue weighted by Crippen LogP contribution is -2.25. The second kappa shape index (κ2) is 4.31. The number of hydrogen-bond donors (Lipinski definition) is 1. The highest BCUT2D eigenvalue weighted by Crippen LogP contribution is 2.09. The third kappa shape index (κ3) is 2.34. The molecule has 4 nitrogen and oxygen atoms in total. The molecule has 1 N–H and O–H groups in total. The Balaban J connectivity index is 2.54. The van der Waals surface area contributed by atoms with Crippen molar-refractivity contribution in [2.24, 2.45) is 0 Å². The van der Waals surface area contributed by atoms with Gasteiger partial charge in [-0.25, -0.2) is 0 Å². The number of nitrogens with zero attached hydrogens (tertiary/aromatic N) is 2. The highest BCUT2D eigenvalue weighted by molar-refractivity contribution is 5.91. The summed E-state index contributed by atoms with van der Waals surface area (Å²) in [7, 11) is 1.69. The lowest BCUT2D eigenvalue weighted by molar-refractivity contribution is -0.118. The third-order valence-corrected chi connectivity index (χ3v) is 1.77. The highest BCUT2D eigenvalue weighted by Gasteiger charge is 2.09. The van der Waals surface area contributed by atoms with E-state index in [2.05, 4.69) is 4.98 Å². The number of nitriles is 1. The fraction of sp³-hybridized carbons (Fsp3) is 0.333. The summed E-state index contributed by atoms with van der Waals surface area (Å²) >= 11 is 0. The van der Waals surface area contributed by atoms with Gasteiger partial charge in [-0.15, -0.1) is 0 Å². The van der Waals surface area contributed by atoms with Gasteiger partial charge in [0, 0.05) is 26.1 Å². The Morgan fingerprint density at radius 3 is 3.08 bits per heavy atom. The number of nitrogens with one attached hydrogen (secondary N) is 1. The SMILES string of the molecule is CN(C(=O)CCC#N)c1ccc[nH]1. The van der Waals surface area contributed by atoms with E-state index in [9.17, 15) is 4.79 Å². The minimum Gasteiger partial charge on any atom is -0.348 e. The summed E-state index contributed by atoms with van der Waals surface area (Å²) in [6, 6.07) is 5.57. The number of aromatic amines is 1. The molecule has 0 radical (unpaired) electrons. The largest absolute Gasteiger partial charge is 0.348 e. The summed E-state index contributed by atoms with van der Waals surface area (Å²) in [4.78, 5) is 15.8. The number of carbonyl (C=O) groups is 1. The van der Waals surface area contributed by atoms with Gasteiger partial charge < -0.3 is 9.88 Å². The van der Waals surface area contributed by atoms with Crippen LogP contribution in [0, 0.1) is 11.3 Å². The molecule has 0 bridgehead atoms. The van der Waals surface area contributed by atoms with Crippen LogP contribution in [-0.2, 0) is 4.79 Å². The zero-order valence-corrected chi connectivity index (χ0v) is 7.45. The maximum Gasteiger partial charge on any atom is 0.228 e. The monoisotopic (exact) mass is 177 g/mol. The van der Waals surface area contributed by atoms with Gasteiger partial charge in [0.15, 0.2) is 0 Å². The van der Waals surface area contributed by atoms with Crippen LogP contribution in [0.25, 0.3) is 0 Å². The van der Waals surface area contributed by atoms with Crippen LogP contribution in [0.5, 0.6) is 0 Å². The van der Waals surface area contributed by atoms with E-state index < -0.39 is 0 Å². The first-order valence-electron chi connectivity index (χ1n) is 4.02. The van der Waals surface area contributed by atoms with Crippen LogP contribution in [-0.4, -0.2) is 17.9 Å². The van der Waals surface area contributed by atoms with Gasteiger partial charge in [0.2, 0.25) is 5.91 Å². The van der Waals surface area contributed by atoms with Crippen LogP contribution >= 0.6 is 0 Å². The molecule has 1 aromatic heterocycles. The first kappa shape index (κ1) is 9.33. The Hall–Kier alpha value is -1.76.